The number of aliphatic imine (C=N–C) groups is 2. The second kappa shape index (κ2) is 17.7. The van der Waals surface area contributed by atoms with Gasteiger partial charge in [0.1, 0.15) is 12.1 Å². The number of thiol groups is 2. The number of nitrogens with zero attached hydrogens (tertiary/aromatic N) is 2. The largest absolute Gasteiger partial charge is 0.370 e. The Labute approximate surface area is 232 Å². The van der Waals surface area contributed by atoms with Crippen LogP contribution in [0.4, 0.5) is 11.4 Å². The first-order valence-corrected chi connectivity index (χ1v) is 12.9. The summed E-state index contributed by atoms with van der Waals surface area (Å²) < 4.78 is 0. The summed E-state index contributed by atoms with van der Waals surface area (Å²) in [5.74, 6) is -2.06. The van der Waals surface area contributed by atoms with E-state index in [2.05, 4.69) is 56.5 Å². The third-order valence-electron chi connectivity index (χ3n) is 4.88. The molecule has 4 amide bonds. The molecule has 0 bridgehead atoms. The molecule has 1 rings (SSSR count). The Morgan fingerprint density at radius 1 is 0.737 bits per heavy atom. The van der Waals surface area contributed by atoms with Gasteiger partial charge in [-0.1, -0.05) is 6.07 Å². The molecule has 0 aliphatic rings. The van der Waals surface area contributed by atoms with Crippen LogP contribution in [0.2, 0.25) is 0 Å². The summed E-state index contributed by atoms with van der Waals surface area (Å²) in [6, 6.07) is 4.72. The van der Waals surface area contributed by atoms with Gasteiger partial charge in [0.15, 0.2) is 11.9 Å². The Morgan fingerprint density at radius 2 is 1.13 bits per heavy atom. The van der Waals surface area contributed by atoms with E-state index in [9.17, 15) is 19.2 Å². The Bertz CT molecular complexity index is 938. The average molecular weight is 569 g/mol. The number of anilines is 2. The fourth-order valence-electron chi connectivity index (χ4n) is 3.16. The van der Waals surface area contributed by atoms with Crippen molar-refractivity contribution in [2.45, 2.75) is 37.8 Å². The summed E-state index contributed by atoms with van der Waals surface area (Å²) in [6.07, 6.45) is 1.46. The number of carbonyl (C=O) groups excluding carboxylic acids is 4. The van der Waals surface area contributed by atoms with Crippen molar-refractivity contribution in [2.24, 2.45) is 32.9 Å². The lowest BCUT2D eigenvalue weighted by Crippen LogP contribution is -2.44. The van der Waals surface area contributed by atoms with Crippen LogP contribution in [0.25, 0.3) is 0 Å². The number of guanidine groups is 2. The Morgan fingerprint density at radius 3 is 1.47 bits per heavy atom. The number of nitrogens with two attached hydrogens (primary N) is 4. The molecule has 0 fully saturated rings. The first kappa shape index (κ1) is 32.4. The zero-order valence-corrected chi connectivity index (χ0v) is 22.6. The van der Waals surface area contributed by atoms with Crippen LogP contribution in [-0.2, 0) is 19.2 Å². The van der Waals surface area contributed by atoms with Gasteiger partial charge in [-0.3, -0.25) is 29.2 Å². The van der Waals surface area contributed by atoms with Crippen LogP contribution in [-0.4, -0.2) is 72.2 Å². The molecule has 0 heterocycles. The number of hydrogen-bond donors (Lipinski definition) is 10. The zero-order chi connectivity index (χ0) is 28.5. The number of carbonyl (C=O) groups is 4. The van der Waals surface area contributed by atoms with Gasteiger partial charge in [0.2, 0.25) is 23.6 Å². The van der Waals surface area contributed by atoms with Gasteiger partial charge in [-0.2, -0.15) is 25.3 Å². The van der Waals surface area contributed by atoms with E-state index >= 15 is 0 Å². The minimum atomic E-state index is -0.854. The molecule has 16 heteroatoms. The van der Waals surface area contributed by atoms with Gasteiger partial charge in [0, 0.05) is 24.5 Å². The van der Waals surface area contributed by atoms with Gasteiger partial charge in [0.05, 0.1) is 11.5 Å². The third kappa shape index (κ3) is 13.6. The highest BCUT2D eigenvalue weighted by molar-refractivity contribution is 7.81. The molecule has 38 heavy (non-hydrogen) atoms. The predicted molar refractivity (Wildman–Crippen MR) is 155 cm³/mol. The van der Waals surface area contributed by atoms with E-state index in [1.54, 1.807) is 24.3 Å². The molecule has 1 aromatic carbocycles. The first-order chi connectivity index (χ1) is 18.0. The summed E-state index contributed by atoms with van der Waals surface area (Å²) in [6.45, 7) is 0.586. The molecular weight excluding hydrogens is 532 g/mol. The molecule has 0 aromatic heterocycles. The summed E-state index contributed by atoms with van der Waals surface area (Å²) in [5.41, 5.74) is 22.0. The monoisotopic (exact) mass is 568 g/mol. The summed E-state index contributed by atoms with van der Waals surface area (Å²) >= 11 is 7.86. The molecule has 2 atom stereocenters. The maximum Gasteiger partial charge on any atom is 0.246 e. The minimum Gasteiger partial charge on any atom is -0.370 e. The molecule has 0 saturated carbocycles. The Kier molecular flexibility index (Phi) is 15.1. The number of benzene rings is 1. The number of amides is 4. The summed E-state index contributed by atoms with van der Waals surface area (Å²) in [7, 11) is 0. The highest BCUT2D eigenvalue weighted by Gasteiger charge is 2.22. The SMILES string of the molecule is NC(N)=NCCCC(NC(=O)CS)C(=O)Nc1cccc(NC(=O)C(CCCN=C(N)N)NC(=O)CS)c1. The average Bonchev–Trinajstić information content (AvgIpc) is 2.87. The smallest absolute Gasteiger partial charge is 0.246 e. The quantitative estimate of drug-likeness (QED) is 0.0485. The lowest BCUT2D eigenvalue weighted by atomic mass is 10.1. The number of nitrogens with one attached hydrogen (secondary N) is 4. The summed E-state index contributed by atoms with van der Waals surface area (Å²) in [5, 5.41) is 10.7. The van der Waals surface area contributed by atoms with E-state index in [-0.39, 0.29) is 36.3 Å². The van der Waals surface area contributed by atoms with E-state index < -0.39 is 35.7 Å². The molecule has 0 radical (unpaired) electrons. The predicted octanol–water partition coefficient (Wildman–Crippen LogP) is -1.50. The molecule has 210 valence electrons. The highest BCUT2D eigenvalue weighted by atomic mass is 32.1. The Hall–Kier alpha value is -3.66. The van der Waals surface area contributed by atoms with Crippen molar-refractivity contribution in [3.8, 4) is 0 Å². The van der Waals surface area contributed by atoms with Gasteiger partial charge < -0.3 is 44.2 Å². The van der Waals surface area contributed by atoms with E-state index in [1.165, 1.54) is 0 Å². The van der Waals surface area contributed by atoms with Crippen LogP contribution in [0, 0.1) is 0 Å². The van der Waals surface area contributed by atoms with Crippen molar-refractivity contribution in [2.75, 3.05) is 35.2 Å². The fourth-order valence-corrected chi connectivity index (χ4v) is 3.34. The van der Waals surface area contributed by atoms with Crippen LogP contribution >= 0.6 is 25.3 Å². The van der Waals surface area contributed by atoms with Crippen LogP contribution < -0.4 is 44.2 Å². The number of rotatable bonds is 16. The molecule has 14 nitrogen and oxygen atoms in total. The van der Waals surface area contributed by atoms with Gasteiger partial charge in [0.25, 0.3) is 0 Å². The van der Waals surface area contributed by atoms with Crippen molar-refractivity contribution in [1.29, 1.82) is 0 Å². The van der Waals surface area contributed by atoms with Gasteiger partial charge in [-0.05, 0) is 43.9 Å². The first-order valence-electron chi connectivity index (χ1n) is 11.7. The van der Waals surface area contributed by atoms with Crippen LogP contribution in [0.15, 0.2) is 34.3 Å². The standard InChI is InChI=1S/C22H36N10O4S2/c23-21(24)27-8-2-6-15(31-17(33)11-37)19(35)29-13-4-1-5-14(10-13)30-20(36)16(32-18(34)12-38)7-3-9-28-22(25)26/h1,4-5,10,15-16,37-38H,2-3,6-9,11-12H2,(H,29,35)(H,30,36)(H,31,33)(H,32,34)(H4,23,24,27)(H4,25,26,28). The fraction of sp³-hybridized carbons (Fsp3) is 0.455. The maximum atomic E-state index is 12.9. The van der Waals surface area contributed by atoms with Crippen LogP contribution in [0.5, 0.6) is 0 Å². The van der Waals surface area contributed by atoms with Gasteiger partial charge >= 0.3 is 0 Å². The molecule has 0 saturated heterocycles. The molecule has 0 aliphatic heterocycles. The highest BCUT2D eigenvalue weighted by Crippen LogP contribution is 2.17. The van der Waals surface area contributed by atoms with Crippen molar-refractivity contribution < 1.29 is 19.2 Å². The molecular formula is C22H36N10O4S2. The van der Waals surface area contributed by atoms with Crippen LogP contribution in [0.1, 0.15) is 25.7 Å². The summed E-state index contributed by atoms with van der Waals surface area (Å²) in [4.78, 5) is 57.2. The second-order valence-corrected chi connectivity index (χ2v) is 8.65. The van der Waals surface area contributed by atoms with Crippen molar-refractivity contribution in [3.05, 3.63) is 24.3 Å². The van der Waals surface area contributed by atoms with E-state index in [0.717, 1.165) is 0 Å². The molecule has 0 spiro atoms. The topological polar surface area (TPSA) is 245 Å². The van der Waals surface area contributed by atoms with Crippen molar-refractivity contribution >= 4 is 72.2 Å². The molecule has 0 aliphatic carbocycles. The third-order valence-corrected chi connectivity index (χ3v) is 5.45. The van der Waals surface area contributed by atoms with E-state index in [0.29, 0.717) is 37.3 Å². The lowest BCUT2D eigenvalue weighted by molar-refractivity contribution is -0.125. The van der Waals surface area contributed by atoms with E-state index in [1.807, 2.05) is 0 Å². The van der Waals surface area contributed by atoms with Crippen LogP contribution in [0.3, 0.4) is 0 Å². The normalized spacial score (nSPS) is 11.8. The van der Waals surface area contributed by atoms with Crippen molar-refractivity contribution in [1.82, 2.24) is 10.6 Å². The Balaban J connectivity index is 2.89. The van der Waals surface area contributed by atoms with Crippen molar-refractivity contribution in [3.63, 3.8) is 0 Å². The lowest BCUT2D eigenvalue weighted by Gasteiger charge is -2.19. The van der Waals surface area contributed by atoms with E-state index in [4.69, 9.17) is 22.9 Å². The van der Waals surface area contributed by atoms with Gasteiger partial charge in [-0.25, -0.2) is 0 Å². The minimum absolute atomic E-state index is 0.0644. The molecule has 12 N–H and O–H groups in total. The molecule has 2 unspecified atom stereocenters. The zero-order valence-electron chi connectivity index (χ0n) is 20.9. The maximum absolute atomic E-state index is 12.9. The molecule has 1 aromatic rings. The number of hydrogen-bond acceptors (Lipinski definition) is 8. The van der Waals surface area contributed by atoms with Gasteiger partial charge in [-0.15, -0.1) is 0 Å². The second-order valence-electron chi connectivity index (χ2n) is 8.01.